The van der Waals surface area contributed by atoms with Crippen LogP contribution in [-0.4, -0.2) is 23.4 Å². The summed E-state index contributed by atoms with van der Waals surface area (Å²) in [7, 11) is 0. The predicted octanol–water partition coefficient (Wildman–Crippen LogP) is 1.56. The fourth-order valence-corrected chi connectivity index (χ4v) is 1.94. The lowest BCUT2D eigenvalue weighted by atomic mass is 10.1. The van der Waals surface area contributed by atoms with Crippen LogP contribution < -0.4 is 10.6 Å². The number of amides is 1. The number of halogens is 2. The minimum absolute atomic E-state index is 0.113. The molecule has 1 aliphatic heterocycles. The number of benzene rings is 1. The first kappa shape index (κ1) is 13.2. The molecule has 0 aliphatic carbocycles. The first-order chi connectivity index (χ1) is 8.97. The highest BCUT2D eigenvalue weighted by Gasteiger charge is 2.25. The molecule has 0 saturated carbocycles. The van der Waals surface area contributed by atoms with E-state index in [0.29, 0.717) is 12.5 Å². The lowest BCUT2D eigenvalue weighted by Crippen LogP contribution is -2.42. The van der Waals surface area contributed by atoms with E-state index in [1.807, 2.05) is 0 Å². The summed E-state index contributed by atoms with van der Waals surface area (Å²) in [5.41, 5.74) is -1.01. The van der Waals surface area contributed by atoms with Crippen molar-refractivity contribution in [1.82, 2.24) is 5.32 Å². The molecule has 1 amide bonds. The van der Waals surface area contributed by atoms with Crippen LogP contribution in [0, 0.1) is 21.7 Å². The Morgan fingerprint density at radius 1 is 1.42 bits per heavy atom. The van der Waals surface area contributed by atoms with Crippen molar-refractivity contribution in [3.63, 3.8) is 0 Å². The van der Waals surface area contributed by atoms with Gasteiger partial charge in [-0.25, -0.2) is 4.39 Å². The van der Waals surface area contributed by atoms with Crippen LogP contribution in [0.2, 0.25) is 0 Å². The van der Waals surface area contributed by atoms with E-state index in [0.717, 1.165) is 6.07 Å². The minimum atomic E-state index is -1.23. The van der Waals surface area contributed by atoms with Gasteiger partial charge >= 0.3 is 5.69 Å². The number of hydrogen-bond donors (Lipinski definition) is 2. The quantitative estimate of drug-likeness (QED) is 0.645. The maximum Gasteiger partial charge on any atom is 0.327 e. The Bertz CT molecular complexity index is 526. The summed E-state index contributed by atoms with van der Waals surface area (Å²) < 4.78 is 26.5. The molecular formula is C11H11F2N3O3. The third kappa shape index (κ3) is 2.95. The number of nitrogens with one attached hydrogen (secondary N) is 2. The van der Waals surface area contributed by atoms with Crippen LogP contribution in [0.5, 0.6) is 0 Å². The zero-order chi connectivity index (χ0) is 14.0. The number of carbonyl (C=O) groups excluding carboxylic acids is 1. The van der Waals surface area contributed by atoms with Crippen molar-refractivity contribution in [1.29, 1.82) is 0 Å². The Labute approximate surface area is 106 Å². The van der Waals surface area contributed by atoms with E-state index in [4.69, 9.17) is 0 Å². The summed E-state index contributed by atoms with van der Waals surface area (Å²) >= 11 is 0. The molecule has 0 radical (unpaired) electrons. The molecule has 1 fully saturated rings. The zero-order valence-electron chi connectivity index (χ0n) is 9.78. The highest BCUT2D eigenvalue weighted by Crippen LogP contribution is 2.29. The van der Waals surface area contributed by atoms with Crippen LogP contribution in [0.15, 0.2) is 12.1 Å². The Balaban J connectivity index is 2.24. The number of carbonyl (C=O) groups is 1. The van der Waals surface area contributed by atoms with E-state index in [2.05, 4.69) is 10.6 Å². The summed E-state index contributed by atoms with van der Waals surface area (Å²) in [6, 6.07) is 1.04. The average Bonchev–Trinajstić information content (AvgIpc) is 2.30. The van der Waals surface area contributed by atoms with Crippen molar-refractivity contribution in [3.8, 4) is 0 Å². The van der Waals surface area contributed by atoms with Crippen LogP contribution >= 0.6 is 0 Å². The third-order valence-corrected chi connectivity index (χ3v) is 2.84. The summed E-state index contributed by atoms with van der Waals surface area (Å²) in [6.07, 6.45) is 0.713. The van der Waals surface area contributed by atoms with E-state index in [9.17, 15) is 23.7 Å². The predicted molar refractivity (Wildman–Crippen MR) is 62.7 cm³/mol. The molecule has 1 heterocycles. The van der Waals surface area contributed by atoms with Gasteiger partial charge in [0.25, 0.3) is 0 Å². The van der Waals surface area contributed by atoms with Gasteiger partial charge in [0.05, 0.1) is 4.92 Å². The normalized spacial score (nSPS) is 18.8. The second-order valence-corrected chi connectivity index (χ2v) is 4.22. The number of nitrogens with zero attached hydrogens (tertiary/aromatic N) is 1. The molecule has 1 aliphatic rings. The number of rotatable bonds is 3. The van der Waals surface area contributed by atoms with Crippen molar-refractivity contribution in [3.05, 3.63) is 33.9 Å². The van der Waals surface area contributed by atoms with Crippen molar-refractivity contribution in [2.24, 2.45) is 0 Å². The number of nitro groups is 1. The second kappa shape index (κ2) is 5.17. The van der Waals surface area contributed by atoms with Crippen LogP contribution in [-0.2, 0) is 4.79 Å². The molecule has 19 heavy (non-hydrogen) atoms. The van der Waals surface area contributed by atoms with Crippen molar-refractivity contribution in [2.75, 3.05) is 11.9 Å². The van der Waals surface area contributed by atoms with Crippen LogP contribution in [0.1, 0.15) is 12.8 Å². The number of hydrogen-bond acceptors (Lipinski definition) is 4. The molecule has 1 atom stereocenters. The minimum Gasteiger partial charge on any atom is -0.375 e. The molecule has 1 unspecified atom stereocenters. The van der Waals surface area contributed by atoms with Gasteiger partial charge in [0.15, 0.2) is 0 Å². The Kier molecular flexibility index (Phi) is 3.59. The molecule has 2 rings (SSSR count). The smallest absolute Gasteiger partial charge is 0.327 e. The van der Waals surface area contributed by atoms with Gasteiger partial charge in [0.2, 0.25) is 11.7 Å². The van der Waals surface area contributed by atoms with Gasteiger partial charge in [0, 0.05) is 31.1 Å². The standard InChI is InChI=1S/C11H11F2N3O3/c12-6-3-8(13)11(16(18)19)9(4-6)15-7-1-2-10(17)14-5-7/h3-4,7,15H,1-2,5H2,(H,14,17). The molecule has 102 valence electrons. The first-order valence-corrected chi connectivity index (χ1v) is 5.64. The fraction of sp³-hybridized carbons (Fsp3) is 0.364. The van der Waals surface area contributed by atoms with Crippen molar-refractivity contribution < 1.29 is 18.5 Å². The van der Waals surface area contributed by atoms with Gasteiger partial charge in [-0.2, -0.15) is 4.39 Å². The van der Waals surface area contributed by atoms with E-state index in [1.165, 1.54) is 0 Å². The molecular weight excluding hydrogens is 260 g/mol. The number of nitro benzene ring substituents is 1. The molecule has 0 spiro atoms. The van der Waals surface area contributed by atoms with E-state index in [1.54, 1.807) is 0 Å². The Hall–Kier alpha value is -2.25. The van der Waals surface area contributed by atoms with Crippen molar-refractivity contribution in [2.45, 2.75) is 18.9 Å². The lowest BCUT2D eigenvalue weighted by Gasteiger charge is -2.24. The molecule has 1 saturated heterocycles. The van der Waals surface area contributed by atoms with E-state index >= 15 is 0 Å². The molecule has 1 aromatic rings. The molecule has 0 aromatic heterocycles. The molecule has 8 heteroatoms. The van der Waals surface area contributed by atoms with Crippen LogP contribution in [0.4, 0.5) is 20.2 Å². The molecule has 6 nitrogen and oxygen atoms in total. The Morgan fingerprint density at radius 3 is 2.74 bits per heavy atom. The molecule has 2 N–H and O–H groups in total. The number of piperidine rings is 1. The van der Waals surface area contributed by atoms with Gasteiger partial charge < -0.3 is 10.6 Å². The Morgan fingerprint density at radius 2 is 2.16 bits per heavy atom. The van der Waals surface area contributed by atoms with Crippen LogP contribution in [0.25, 0.3) is 0 Å². The summed E-state index contributed by atoms with van der Waals surface area (Å²) in [5.74, 6) is -2.24. The maximum atomic E-state index is 13.4. The van der Waals surface area contributed by atoms with E-state index in [-0.39, 0.29) is 30.6 Å². The first-order valence-electron chi connectivity index (χ1n) is 5.64. The van der Waals surface area contributed by atoms with Crippen molar-refractivity contribution >= 4 is 17.3 Å². The average molecular weight is 271 g/mol. The fourth-order valence-electron chi connectivity index (χ4n) is 1.94. The van der Waals surface area contributed by atoms with Gasteiger partial charge in [-0.1, -0.05) is 0 Å². The highest BCUT2D eigenvalue weighted by molar-refractivity contribution is 5.77. The van der Waals surface area contributed by atoms with Gasteiger partial charge in [-0.05, 0) is 6.42 Å². The van der Waals surface area contributed by atoms with Gasteiger partial charge in [-0.15, -0.1) is 0 Å². The zero-order valence-corrected chi connectivity index (χ0v) is 9.78. The summed E-state index contributed by atoms with van der Waals surface area (Å²) in [6.45, 7) is 0.258. The maximum absolute atomic E-state index is 13.4. The monoisotopic (exact) mass is 271 g/mol. The second-order valence-electron chi connectivity index (χ2n) is 4.22. The molecule has 0 bridgehead atoms. The topological polar surface area (TPSA) is 84.3 Å². The van der Waals surface area contributed by atoms with Gasteiger partial charge in [0.1, 0.15) is 11.5 Å². The summed E-state index contributed by atoms with van der Waals surface area (Å²) in [4.78, 5) is 20.9. The van der Waals surface area contributed by atoms with Crippen LogP contribution in [0.3, 0.4) is 0 Å². The summed E-state index contributed by atoms with van der Waals surface area (Å²) in [5, 5.41) is 16.0. The molecule has 1 aromatic carbocycles. The van der Waals surface area contributed by atoms with Gasteiger partial charge in [-0.3, -0.25) is 14.9 Å². The largest absolute Gasteiger partial charge is 0.375 e. The lowest BCUT2D eigenvalue weighted by molar-refractivity contribution is -0.386. The number of anilines is 1. The SMILES string of the molecule is O=C1CCC(Nc2cc(F)cc(F)c2[N+](=O)[O-])CN1. The third-order valence-electron chi connectivity index (χ3n) is 2.84. The highest BCUT2D eigenvalue weighted by atomic mass is 19.1. The van der Waals surface area contributed by atoms with E-state index < -0.39 is 22.2 Å².